The van der Waals surface area contributed by atoms with Crippen molar-refractivity contribution >= 4 is 39.5 Å². The highest BCUT2D eigenvalue weighted by molar-refractivity contribution is 9.09. The maximum atomic E-state index is 12.4. The van der Waals surface area contributed by atoms with Crippen molar-refractivity contribution in [3.05, 3.63) is 29.8 Å². The Kier molecular flexibility index (Phi) is 7.16. The van der Waals surface area contributed by atoms with Gasteiger partial charge in [-0.15, -0.1) is 0 Å². The predicted octanol–water partition coefficient (Wildman–Crippen LogP) is 3.45. The van der Waals surface area contributed by atoms with Crippen LogP contribution in [0.15, 0.2) is 24.3 Å². The van der Waals surface area contributed by atoms with Crippen LogP contribution in [0.1, 0.15) is 16.8 Å². The van der Waals surface area contributed by atoms with Gasteiger partial charge in [0.2, 0.25) is 11.9 Å². The van der Waals surface area contributed by atoms with Crippen LogP contribution in [0, 0.1) is 0 Å². The Balaban J connectivity index is 2.18. The lowest BCUT2D eigenvalue weighted by Gasteiger charge is -2.11. The van der Waals surface area contributed by atoms with Crippen molar-refractivity contribution < 1.29 is 27.8 Å². The molecule has 8 nitrogen and oxygen atoms in total. The molecular formula is C15H15BrF3N5O3. The molecule has 12 heteroatoms. The molecule has 0 bridgehead atoms. The first-order valence-corrected chi connectivity index (χ1v) is 8.75. The molecule has 2 aromatic rings. The zero-order valence-electron chi connectivity index (χ0n) is 13.8. The maximum absolute atomic E-state index is 12.4. The van der Waals surface area contributed by atoms with Gasteiger partial charge in [0.1, 0.15) is 0 Å². The van der Waals surface area contributed by atoms with Crippen molar-refractivity contribution in [2.45, 2.75) is 12.6 Å². The number of anilines is 3. The number of benzene rings is 1. The van der Waals surface area contributed by atoms with Gasteiger partial charge in [-0.3, -0.25) is 0 Å². The summed E-state index contributed by atoms with van der Waals surface area (Å²) >= 11 is 3.26. The minimum atomic E-state index is -4.53. The maximum Gasteiger partial charge on any atom is 0.422 e. The van der Waals surface area contributed by atoms with Crippen LogP contribution in [-0.2, 0) is 0 Å². The predicted molar refractivity (Wildman–Crippen MR) is 95.0 cm³/mol. The Morgan fingerprint density at radius 3 is 2.41 bits per heavy atom. The molecule has 0 aliphatic heterocycles. The average molecular weight is 450 g/mol. The van der Waals surface area contributed by atoms with Gasteiger partial charge in [0, 0.05) is 17.6 Å². The molecule has 0 aliphatic rings. The Morgan fingerprint density at radius 1 is 1.15 bits per heavy atom. The number of aromatic nitrogens is 3. The van der Waals surface area contributed by atoms with E-state index in [2.05, 4.69) is 46.3 Å². The van der Waals surface area contributed by atoms with E-state index in [1.54, 1.807) is 0 Å². The number of carboxylic acid groups (broad SMARTS) is 1. The number of nitrogens with one attached hydrogen (secondary N) is 2. The van der Waals surface area contributed by atoms with Gasteiger partial charge in [0.15, 0.2) is 6.61 Å². The molecule has 0 atom stereocenters. The molecule has 1 heterocycles. The highest BCUT2D eigenvalue weighted by Gasteiger charge is 2.29. The number of ether oxygens (including phenoxy) is 1. The molecule has 0 fully saturated rings. The highest BCUT2D eigenvalue weighted by Crippen LogP contribution is 2.20. The van der Waals surface area contributed by atoms with Crippen molar-refractivity contribution in [3.8, 4) is 6.01 Å². The Morgan fingerprint density at radius 2 is 1.81 bits per heavy atom. The summed E-state index contributed by atoms with van der Waals surface area (Å²) in [6, 6.07) is 5.18. The summed E-state index contributed by atoms with van der Waals surface area (Å²) in [6.45, 7) is -1.05. The summed E-state index contributed by atoms with van der Waals surface area (Å²) in [5, 5.41) is 15.3. The van der Waals surface area contributed by atoms with Crippen LogP contribution in [0.2, 0.25) is 0 Å². The van der Waals surface area contributed by atoms with Crippen LogP contribution < -0.4 is 15.4 Å². The van der Waals surface area contributed by atoms with Gasteiger partial charge < -0.3 is 20.5 Å². The van der Waals surface area contributed by atoms with Crippen LogP contribution in [0.3, 0.4) is 0 Å². The summed E-state index contributed by atoms with van der Waals surface area (Å²) in [4.78, 5) is 22.5. The normalized spacial score (nSPS) is 11.1. The molecule has 2 rings (SSSR count). The van der Waals surface area contributed by atoms with E-state index < -0.39 is 24.8 Å². The second-order valence-electron chi connectivity index (χ2n) is 5.15. The Labute approximate surface area is 160 Å². The minimum Gasteiger partial charge on any atom is -0.478 e. The lowest BCUT2D eigenvalue weighted by molar-refractivity contribution is -0.154. The Hall–Kier alpha value is -2.63. The molecule has 0 radical (unpaired) electrons. The average Bonchev–Trinajstić information content (AvgIpc) is 2.60. The fourth-order valence-corrected chi connectivity index (χ4v) is 2.08. The molecule has 27 heavy (non-hydrogen) atoms. The second-order valence-corrected chi connectivity index (χ2v) is 5.94. The minimum absolute atomic E-state index is 0.0489. The van der Waals surface area contributed by atoms with E-state index in [-0.39, 0.29) is 17.5 Å². The van der Waals surface area contributed by atoms with Crippen molar-refractivity contribution in [2.24, 2.45) is 0 Å². The zero-order valence-corrected chi connectivity index (χ0v) is 15.3. The van der Waals surface area contributed by atoms with E-state index in [1.165, 1.54) is 24.3 Å². The monoisotopic (exact) mass is 449 g/mol. The van der Waals surface area contributed by atoms with Crippen molar-refractivity contribution in [1.29, 1.82) is 0 Å². The van der Waals surface area contributed by atoms with Gasteiger partial charge in [0.25, 0.3) is 0 Å². The Bertz CT molecular complexity index is 774. The van der Waals surface area contributed by atoms with Crippen LogP contribution >= 0.6 is 15.9 Å². The molecule has 3 N–H and O–H groups in total. The van der Waals surface area contributed by atoms with E-state index in [1.807, 2.05) is 0 Å². The summed E-state index contributed by atoms with van der Waals surface area (Å²) < 4.78 is 41.7. The number of rotatable bonds is 9. The number of halogens is 4. The SMILES string of the molecule is O=C(O)c1ccc(Nc2nc(NCCCBr)nc(OCC(F)(F)F)n2)cc1. The van der Waals surface area contributed by atoms with Gasteiger partial charge in [0.05, 0.1) is 5.56 Å². The molecule has 0 spiro atoms. The number of carbonyl (C=O) groups is 1. The zero-order chi connectivity index (χ0) is 19.9. The molecule has 0 amide bonds. The van der Waals surface area contributed by atoms with E-state index in [0.717, 1.165) is 11.8 Å². The van der Waals surface area contributed by atoms with E-state index in [0.29, 0.717) is 12.2 Å². The van der Waals surface area contributed by atoms with E-state index >= 15 is 0 Å². The first kappa shape index (κ1) is 20.7. The van der Waals surface area contributed by atoms with Gasteiger partial charge in [-0.05, 0) is 30.7 Å². The topological polar surface area (TPSA) is 109 Å². The van der Waals surface area contributed by atoms with Crippen molar-refractivity contribution in [1.82, 2.24) is 15.0 Å². The van der Waals surface area contributed by atoms with Crippen molar-refractivity contribution in [2.75, 3.05) is 29.1 Å². The third-order valence-electron chi connectivity index (χ3n) is 2.96. The van der Waals surface area contributed by atoms with Gasteiger partial charge >= 0.3 is 18.2 Å². The summed E-state index contributed by atoms with van der Waals surface area (Å²) in [5.41, 5.74) is 0.530. The second kappa shape index (κ2) is 9.35. The fraction of sp³-hybridized carbons (Fsp3) is 0.333. The fourth-order valence-electron chi connectivity index (χ4n) is 1.79. The molecule has 0 aliphatic carbocycles. The summed E-state index contributed by atoms with van der Waals surface area (Å²) in [7, 11) is 0. The van der Waals surface area contributed by atoms with Crippen LogP contribution in [0.25, 0.3) is 0 Å². The van der Waals surface area contributed by atoms with Crippen LogP contribution in [0.5, 0.6) is 6.01 Å². The standard InChI is InChI=1S/C15H15BrF3N5O3/c16-6-1-7-20-12-22-13(24-14(23-12)27-8-15(17,18)19)21-10-4-2-9(3-5-10)11(25)26/h2-5H,1,6-8H2,(H,25,26)(H2,20,21,22,23,24). The number of hydrogen-bond acceptors (Lipinski definition) is 7. The third-order valence-corrected chi connectivity index (χ3v) is 3.52. The number of hydrogen-bond donors (Lipinski definition) is 3. The van der Waals surface area contributed by atoms with Gasteiger partial charge in [-0.1, -0.05) is 15.9 Å². The van der Waals surface area contributed by atoms with Crippen molar-refractivity contribution in [3.63, 3.8) is 0 Å². The first-order valence-electron chi connectivity index (χ1n) is 7.62. The lowest BCUT2D eigenvalue weighted by Crippen LogP contribution is -2.21. The van der Waals surface area contributed by atoms with E-state index in [9.17, 15) is 18.0 Å². The summed E-state index contributed by atoms with van der Waals surface area (Å²) in [6.07, 6.45) is -3.79. The summed E-state index contributed by atoms with van der Waals surface area (Å²) in [5.74, 6) is -1.08. The molecule has 1 aromatic carbocycles. The number of carboxylic acids is 1. The number of nitrogens with zero attached hydrogens (tertiary/aromatic N) is 3. The molecular weight excluding hydrogens is 435 g/mol. The quantitative estimate of drug-likeness (QED) is 0.394. The third kappa shape index (κ3) is 7.25. The molecule has 146 valence electrons. The lowest BCUT2D eigenvalue weighted by atomic mass is 10.2. The first-order chi connectivity index (χ1) is 12.8. The van der Waals surface area contributed by atoms with E-state index in [4.69, 9.17) is 5.11 Å². The highest BCUT2D eigenvalue weighted by atomic mass is 79.9. The molecule has 0 saturated heterocycles. The number of alkyl halides is 4. The van der Waals surface area contributed by atoms with Gasteiger partial charge in [-0.25, -0.2) is 4.79 Å². The molecule has 0 unspecified atom stereocenters. The number of aromatic carboxylic acids is 1. The van der Waals surface area contributed by atoms with Crippen LogP contribution in [0.4, 0.5) is 30.8 Å². The molecule has 0 saturated carbocycles. The smallest absolute Gasteiger partial charge is 0.422 e. The molecule has 1 aromatic heterocycles. The largest absolute Gasteiger partial charge is 0.478 e. The van der Waals surface area contributed by atoms with Gasteiger partial charge in [-0.2, -0.15) is 28.1 Å². The van der Waals surface area contributed by atoms with Crippen LogP contribution in [-0.4, -0.2) is 50.7 Å².